The minimum atomic E-state index is -1.28. The van der Waals surface area contributed by atoms with Gasteiger partial charge in [0.1, 0.15) is 0 Å². The Morgan fingerprint density at radius 1 is 1.05 bits per heavy atom. The van der Waals surface area contributed by atoms with E-state index in [9.17, 15) is 19.5 Å². The molecule has 0 bridgehead atoms. The maximum absolute atomic E-state index is 13.8. The van der Waals surface area contributed by atoms with Gasteiger partial charge in [0, 0.05) is 29.7 Å². The Bertz CT molecular complexity index is 1530. The van der Waals surface area contributed by atoms with Gasteiger partial charge in [0.05, 0.1) is 31.3 Å². The van der Waals surface area contributed by atoms with Crippen LogP contribution in [0.15, 0.2) is 60.7 Å². The van der Waals surface area contributed by atoms with E-state index in [0.29, 0.717) is 27.8 Å². The largest absolute Gasteiger partial charge is 0.493 e. The van der Waals surface area contributed by atoms with Crippen LogP contribution in [0.3, 0.4) is 0 Å². The highest BCUT2D eigenvalue weighted by atomic mass is 35.5. The van der Waals surface area contributed by atoms with Gasteiger partial charge in [0.25, 0.3) is 0 Å². The first-order valence-corrected chi connectivity index (χ1v) is 14.3. The van der Waals surface area contributed by atoms with Crippen LogP contribution >= 0.6 is 11.6 Å². The summed E-state index contributed by atoms with van der Waals surface area (Å²) in [6.07, 6.45) is -1.94. The Hall–Kier alpha value is -4.28. The molecule has 10 nitrogen and oxygen atoms in total. The van der Waals surface area contributed by atoms with Crippen molar-refractivity contribution in [2.75, 3.05) is 25.1 Å². The van der Waals surface area contributed by atoms with Crippen molar-refractivity contribution >= 4 is 35.4 Å². The molecule has 226 valence electrons. The van der Waals surface area contributed by atoms with E-state index in [1.54, 1.807) is 43.2 Å². The number of primary amides is 1. The normalized spacial score (nSPS) is 18.0. The minimum absolute atomic E-state index is 0.0841. The summed E-state index contributed by atoms with van der Waals surface area (Å²) in [5, 5.41) is 12.0. The average molecular weight is 608 g/mol. The fraction of sp³-hybridized carbons (Fsp3) is 0.344. The van der Waals surface area contributed by atoms with Gasteiger partial charge in [-0.25, -0.2) is 9.59 Å². The minimum Gasteiger partial charge on any atom is -0.493 e. The zero-order chi connectivity index (χ0) is 31.1. The van der Waals surface area contributed by atoms with Crippen LogP contribution in [-0.2, 0) is 21.6 Å². The molecule has 1 saturated heterocycles. The van der Waals surface area contributed by atoms with E-state index < -0.39 is 23.8 Å². The Kier molecular flexibility index (Phi) is 8.27. The number of anilines is 1. The number of fused-ring (bicyclic) bond motifs is 1. The number of hydrogen-bond donors (Lipinski definition) is 2. The number of halogens is 1. The summed E-state index contributed by atoms with van der Waals surface area (Å²) in [7, 11) is 1.58. The van der Waals surface area contributed by atoms with E-state index in [2.05, 4.69) is 4.74 Å². The standard InChI is InChI=1S/C32H34ClN3O7/c1-18(2)42-27-15-25-20(13-26(27)41-4)14-28(37)36(29(25)19-5-9-23(33)10-6-19)24-11-7-21(8-12-24)32(3,40)22-16-35(17-22)31(39)43-30(34)38/h5-13,15,18,22,29,40H,14,16-17H2,1-4H3,(H2,34,38). The van der Waals surface area contributed by atoms with E-state index in [1.807, 2.05) is 50.2 Å². The summed E-state index contributed by atoms with van der Waals surface area (Å²) in [6.45, 7) is 5.95. The van der Waals surface area contributed by atoms with Gasteiger partial charge in [-0.2, -0.15) is 0 Å². The summed E-state index contributed by atoms with van der Waals surface area (Å²) < 4.78 is 16.1. The molecule has 0 spiro atoms. The molecule has 43 heavy (non-hydrogen) atoms. The highest BCUT2D eigenvalue weighted by molar-refractivity contribution is 6.30. The second-order valence-corrected chi connectivity index (χ2v) is 11.7. The van der Waals surface area contributed by atoms with Crippen LogP contribution in [0.4, 0.5) is 15.3 Å². The maximum atomic E-state index is 13.8. The molecule has 2 aliphatic heterocycles. The molecule has 5 rings (SSSR count). The van der Waals surface area contributed by atoms with Gasteiger partial charge in [0.15, 0.2) is 11.5 Å². The molecule has 0 aliphatic carbocycles. The Morgan fingerprint density at radius 2 is 1.70 bits per heavy atom. The van der Waals surface area contributed by atoms with Crippen molar-refractivity contribution in [1.29, 1.82) is 0 Å². The van der Waals surface area contributed by atoms with Gasteiger partial charge in [-0.15, -0.1) is 0 Å². The lowest BCUT2D eigenvalue weighted by Gasteiger charge is -2.45. The second kappa shape index (κ2) is 11.8. The molecular weight excluding hydrogens is 574 g/mol. The smallest absolute Gasteiger partial charge is 0.418 e. The SMILES string of the molecule is COc1cc2c(cc1OC(C)C)C(c1ccc(Cl)cc1)N(c1ccc(C(C)(O)C3CN(C(=O)OC(N)=O)C3)cc1)C(=O)C2. The molecule has 3 aromatic carbocycles. The number of nitrogens with zero attached hydrogens (tertiary/aromatic N) is 2. The summed E-state index contributed by atoms with van der Waals surface area (Å²) >= 11 is 6.22. The lowest BCUT2D eigenvalue weighted by atomic mass is 9.78. The van der Waals surface area contributed by atoms with Crippen molar-refractivity contribution in [2.24, 2.45) is 11.7 Å². The summed E-state index contributed by atoms with van der Waals surface area (Å²) in [6, 6.07) is 17.9. The topological polar surface area (TPSA) is 132 Å². The van der Waals surface area contributed by atoms with E-state index in [-0.39, 0.29) is 37.4 Å². The first kappa shape index (κ1) is 30.2. The molecule has 2 heterocycles. The van der Waals surface area contributed by atoms with Crippen molar-refractivity contribution in [1.82, 2.24) is 4.90 Å². The number of carbonyl (C=O) groups excluding carboxylic acids is 3. The lowest BCUT2D eigenvalue weighted by Crippen LogP contribution is -2.57. The number of likely N-dealkylation sites (tertiary alicyclic amines) is 1. The van der Waals surface area contributed by atoms with Crippen molar-refractivity contribution in [3.63, 3.8) is 0 Å². The molecule has 11 heteroatoms. The van der Waals surface area contributed by atoms with Gasteiger partial charge >= 0.3 is 12.2 Å². The first-order valence-electron chi connectivity index (χ1n) is 13.9. The van der Waals surface area contributed by atoms with E-state index in [4.69, 9.17) is 26.8 Å². The molecule has 0 aromatic heterocycles. The third kappa shape index (κ3) is 5.98. The van der Waals surface area contributed by atoms with Crippen molar-refractivity contribution in [2.45, 2.75) is 44.9 Å². The number of carbonyl (C=O) groups is 3. The number of rotatable bonds is 7. The predicted molar refractivity (Wildman–Crippen MR) is 160 cm³/mol. The zero-order valence-electron chi connectivity index (χ0n) is 24.4. The number of ether oxygens (including phenoxy) is 3. The molecule has 3 amide bonds. The van der Waals surface area contributed by atoms with Gasteiger partial charge < -0.3 is 34.9 Å². The Balaban J connectivity index is 1.48. The summed E-state index contributed by atoms with van der Waals surface area (Å²) in [5.41, 5.74) is 7.53. The molecule has 2 unspecified atom stereocenters. The van der Waals surface area contributed by atoms with Crippen LogP contribution in [0, 0.1) is 5.92 Å². The van der Waals surface area contributed by atoms with E-state index in [0.717, 1.165) is 16.7 Å². The number of hydrogen-bond acceptors (Lipinski definition) is 7. The molecule has 2 aliphatic rings. The van der Waals surface area contributed by atoms with Crippen LogP contribution in [0.25, 0.3) is 0 Å². The first-order chi connectivity index (χ1) is 20.4. The second-order valence-electron chi connectivity index (χ2n) is 11.2. The quantitative estimate of drug-likeness (QED) is 0.354. The Labute approximate surface area is 254 Å². The zero-order valence-corrected chi connectivity index (χ0v) is 25.1. The van der Waals surface area contributed by atoms with Crippen LogP contribution in [0.1, 0.15) is 49.1 Å². The van der Waals surface area contributed by atoms with Crippen LogP contribution in [-0.4, -0.2) is 54.4 Å². The van der Waals surface area contributed by atoms with Gasteiger partial charge in [-0.05, 0) is 79.4 Å². The Morgan fingerprint density at radius 3 is 2.28 bits per heavy atom. The number of amides is 3. The highest BCUT2D eigenvalue weighted by Gasteiger charge is 2.45. The van der Waals surface area contributed by atoms with Crippen molar-refractivity contribution in [3.05, 3.63) is 87.9 Å². The van der Waals surface area contributed by atoms with Gasteiger partial charge in [-0.1, -0.05) is 35.9 Å². The highest BCUT2D eigenvalue weighted by Crippen LogP contribution is 2.44. The predicted octanol–water partition coefficient (Wildman–Crippen LogP) is 5.17. The van der Waals surface area contributed by atoms with Crippen molar-refractivity contribution < 1.29 is 33.7 Å². The monoisotopic (exact) mass is 607 g/mol. The molecule has 3 N–H and O–H groups in total. The van der Waals surface area contributed by atoms with E-state index >= 15 is 0 Å². The third-order valence-corrected chi connectivity index (χ3v) is 8.24. The fourth-order valence-electron chi connectivity index (χ4n) is 5.66. The number of nitrogens with two attached hydrogens (primary N) is 1. The number of benzene rings is 3. The van der Waals surface area contributed by atoms with Crippen molar-refractivity contribution in [3.8, 4) is 11.5 Å². The molecule has 2 atom stereocenters. The van der Waals surface area contributed by atoms with Gasteiger partial charge in [0.2, 0.25) is 5.91 Å². The molecule has 3 aromatic rings. The van der Waals surface area contributed by atoms with Crippen LogP contribution < -0.4 is 20.1 Å². The molecule has 1 fully saturated rings. The summed E-state index contributed by atoms with van der Waals surface area (Å²) in [5.74, 6) is 0.755. The van der Waals surface area contributed by atoms with E-state index in [1.165, 1.54) is 4.90 Å². The number of methoxy groups -OCH3 is 1. The van der Waals surface area contributed by atoms with Gasteiger partial charge in [-0.3, -0.25) is 4.79 Å². The summed E-state index contributed by atoms with van der Waals surface area (Å²) in [4.78, 5) is 39.6. The lowest BCUT2D eigenvalue weighted by molar-refractivity contribution is -0.118. The number of aliphatic hydroxyl groups is 1. The third-order valence-electron chi connectivity index (χ3n) is 7.99. The maximum Gasteiger partial charge on any atom is 0.418 e. The molecular formula is C32H34ClN3O7. The van der Waals surface area contributed by atoms with Crippen LogP contribution in [0.5, 0.6) is 11.5 Å². The molecule has 0 radical (unpaired) electrons. The average Bonchev–Trinajstić information content (AvgIpc) is 2.91. The van der Waals surface area contributed by atoms with Crippen LogP contribution in [0.2, 0.25) is 5.02 Å². The fourth-order valence-corrected chi connectivity index (χ4v) is 5.78. The molecule has 0 saturated carbocycles.